The van der Waals surface area contributed by atoms with E-state index in [1.807, 2.05) is 0 Å². The van der Waals surface area contributed by atoms with E-state index in [0.717, 1.165) is 56.0 Å². The van der Waals surface area contributed by atoms with Gasteiger partial charge in [-0.2, -0.15) is 0 Å². The zero-order valence-corrected chi connectivity index (χ0v) is 42.1. The maximum atomic E-state index is 13.3. The van der Waals surface area contributed by atoms with Crippen molar-refractivity contribution < 1.29 is 33.1 Å². The van der Waals surface area contributed by atoms with E-state index in [0.29, 0.717) is 31.1 Å². The van der Waals surface area contributed by atoms with Crippen molar-refractivity contribution in [2.75, 3.05) is 47.5 Å². The molecule has 0 aliphatic rings. The molecule has 366 valence electrons. The Bertz CT molecular complexity index is 1200. The predicted octanol–water partition coefficient (Wildman–Crippen LogP) is 15.0. The monoisotopic (exact) mass is 886 g/mol. The van der Waals surface area contributed by atoms with Crippen molar-refractivity contribution in [3.8, 4) is 5.75 Å². The van der Waals surface area contributed by atoms with E-state index in [1.165, 1.54) is 173 Å². The summed E-state index contributed by atoms with van der Waals surface area (Å²) >= 11 is 0. The number of nitrogens with one attached hydrogen (secondary N) is 1. The molecule has 0 aromatic heterocycles. The van der Waals surface area contributed by atoms with Crippen LogP contribution in [0.5, 0.6) is 5.75 Å². The van der Waals surface area contributed by atoms with Gasteiger partial charge in [-0.1, -0.05) is 206 Å². The summed E-state index contributed by atoms with van der Waals surface area (Å²) in [5.74, 6) is -0.512. The van der Waals surface area contributed by atoms with Crippen LogP contribution in [0.25, 0.3) is 0 Å². The maximum absolute atomic E-state index is 13.3. The standard InChI is InChI=1S/C55H100N2O6/c1-6-8-10-12-14-16-18-20-22-24-26-28-30-32-34-37-48-62-53(58)45-44-52(56-54(59)50-40-42-51(43-41-50)61-47-39-36-46-57(3,4)5)55(60)63-49-38-35-33-31-29-27-25-23-21-19-17-15-13-11-9-7-2/h40-43,52H,6-39,44-49H2,1-5H3/p+1. The minimum atomic E-state index is -0.932. The van der Waals surface area contributed by atoms with Crippen LogP contribution in [0, 0.1) is 0 Å². The fraction of sp³-hybridized carbons (Fsp3) is 0.836. The number of rotatable bonds is 46. The molecule has 1 N–H and O–H groups in total. The molecule has 63 heavy (non-hydrogen) atoms. The minimum Gasteiger partial charge on any atom is -0.494 e. The second-order valence-corrected chi connectivity index (χ2v) is 19.7. The molecule has 1 rings (SSSR count). The van der Waals surface area contributed by atoms with E-state index in [2.05, 4.69) is 40.3 Å². The van der Waals surface area contributed by atoms with Gasteiger partial charge in [0, 0.05) is 12.0 Å². The van der Waals surface area contributed by atoms with Gasteiger partial charge in [0.25, 0.3) is 5.91 Å². The van der Waals surface area contributed by atoms with E-state index < -0.39 is 12.0 Å². The Morgan fingerprint density at radius 2 is 0.841 bits per heavy atom. The average Bonchev–Trinajstić information content (AvgIpc) is 3.26. The van der Waals surface area contributed by atoms with Crippen LogP contribution in [-0.4, -0.2) is 75.9 Å². The Morgan fingerprint density at radius 3 is 1.24 bits per heavy atom. The smallest absolute Gasteiger partial charge is 0.328 e. The fourth-order valence-electron chi connectivity index (χ4n) is 8.17. The molecule has 1 aromatic rings. The Morgan fingerprint density at radius 1 is 0.476 bits per heavy atom. The molecule has 1 amide bonds. The van der Waals surface area contributed by atoms with Gasteiger partial charge < -0.3 is 24.0 Å². The molecule has 8 nitrogen and oxygen atoms in total. The first-order valence-corrected chi connectivity index (χ1v) is 26.8. The lowest BCUT2D eigenvalue weighted by molar-refractivity contribution is -0.870. The summed E-state index contributed by atoms with van der Waals surface area (Å²) in [6.07, 6.45) is 43.5. The summed E-state index contributed by atoms with van der Waals surface area (Å²) in [5.41, 5.74) is 0.425. The topological polar surface area (TPSA) is 90.9 Å². The number of amides is 1. The lowest BCUT2D eigenvalue weighted by Gasteiger charge is -2.23. The number of benzene rings is 1. The molecule has 1 unspecified atom stereocenters. The fourth-order valence-corrected chi connectivity index (χ4v) is 8.17. The van der Waals surface area contributed by atoms with Gasteiger partial charge in [0.1, 0.15) is 11.8 Å². The molecule has 0 saturated carbocycles. The number of unbranched alkanes of at least 4 members (excludes halogenated alkanes) is 31. The maximum Gasteiger partial charge on any atom is 0.328 e. The first kappa shape index (κ1) is 58.4. The van der Waals surface area contributed by atoms with Crippen molar-refractivity contribution in [3.63, 3.8) is 0 Å². The first-order chi connectivity index (χ1) is 30.7. The molecule has 1 atom stereocenters. The molecule has 1 aromatic carbocycles. The van der Waals surface area contributed by atoms with Gasteiger partial charge >= 0.3 is 11.9 Å². The van der Waals surface area contributed by atoms with Gasteiger partial charge in [-0.05, 0) is 56.4 Å². The molecule has 0 aliphatic carbocycles. The highest BCUT2D eigenvalue weighted by Crippen LogP contribution is 2.17. The van der Waals surface area contributed by atoms with Crippen LogP contribution in [0.15, 0.2) is 24.3 Å². The number of quaternary nitrogens is 1. The Kier molecular flexibility index (Phi) is 39.0. The molecule has 0 spiro atoms. The van der Waals surface area contributed by atoms with Crippen molar-refractivity contribution in [2.24, 2.45) is 0 Å². The van der Waals surface area contributed by atoms with Crippen molar-refractivity contribution in [2.45, 2.75) is 251 Å². The highest BCUT2D eigenvalue weighted by molar-refractivity contribution is 5.97. The highest BCUT2D eigenvalue weighted by atomic mass is 16.5. The zero-order chi connectivity index (χ0) is 45.9. The number of hydrogen-bond donors (Lipinski definition) is 1. The Balaban J connectivity index is 2.38. The third-order valence-electron chi connectivity index (χ3n) is 12.3. The molecular formula is C55H101N2O6+. The van der Waals surface area contributed by atoms with Gasteiger partial charge in [-0.15, -0.1) is 0 Å². The van der Waals surface area contributed by atoms with Crippen LogP contribution < -0.4 is 10.1 Å². The lowest BCUT2D eigenvalue weighted by atomic mass is 10.0. The third kappa shape index (κ3) is 38.4. The molecule has 0 heterocycles. The lowest BCUT2D eigenvalue weighted by Crippen LogP contribution is -2.42. The van der Waals surface area contributed by atoms with E-state index in [-0.39, 0.29) is 24.7 Å². The van der Waals surface area contributed by atoms with Crippen LogP contribution in [0.3, 0.4) is 0 Å². The Hall–Kier alpha value is -2.61. The van der Waals surface area contributed by atoms with Crippen LogP contribution in [0.4, 0.5) is 0 Å². The van der Waals surface area contributed by atoms with Crippen LogP contribution in [-0.2, 0) is 19.1 Å². The quantitative estimate of drug-likeness (QED) is 0.0398. The summed E-state index contributed by atoms with van der Waals surface area (Å²) in [6.45, 7) is 6.96. The molecular weight excluding hydrogens is 785 g/mol. The summed E-state index contributed by atoms with van der Waals surface area (Å²) in [7, 11) is 6.56. The molecule has 8 heteroatoms. The van der Waals surface area contributed by atoms with Crippen molar-refractivity contribution >= 4 is 17.8 Å². The van der Waals surface area contributed by atoms with E-state index in [1.54, 1.807) is 24.3 Å². The normalized spacial score (nSPS) is 12.0. The largest absolute Gasteiger partial charge is 0.494 e. The minimum absolute atomic E-state index is 0.0405. The van der Waals surface area contributed by atoms with Gasteiger partial charge in [0.05, 0.1) is 47.5 Å². The summed E-state index contributed by atoms with van der Waals surface area (Å²) < 4.78 is 18.0. The molecule has 0 fully saturated rings. The second-order valence-electron chi connectivity index (χ2n) is 19.7. The average molecular weight is 886 g/mol. The number of carbonyl (C=O) groups excluding carboxylic acids is 3. The number of ether oxygens (including phenoxy) is 3. The Labute approximate surface area is 389 Å². The van der Waals surface area contributed by atoms with Crippen LogP contribution >= 0.6 is 0 Å². The number of nitrogens with zero attached hydrogens (tertiary/aromatic N) is 1. The summed E-state index contributed by atoms with van der Waals surface area (Å²) in [6, 6.07) is 6.06. The highest BCUT2D eigenvalue weighted by Gasteiger charge is 2.24. The number of carbonyl (C=O) groups is 3. The van der Waals surface area contributed by atoms with Crippen molar-refractivity contribution in [3.05, 3.63) is 29.8 Å². The summed E-state index contributed by atoms with van der Waals surface area (Å²) in [5, 5.41) is 2.85. The SMILES string of the molecule is CCCCCCCCCCCCCCCCCCOC(=O)CCC(NC(=O)c1ccc(OCCCC[N+](C)(C)C)cc1)C(=O)OCCCCCCCCCCCCCCCCCC. The molecule has 0 radical (unpaired) electrons. The van der Waals surface area contributed by atoms with E-state index in [4.69, 9.17) is 14.2 Å². The van der Waals surface area contributed by atoms with Gasteiger partial charge in [-0.25, -0.2) is 4.79 Å². The summed E-state index contributed by atoms with van der Waals surface area (Å²) in [4.78, 5) is 39.3. The zero-order valence-electron chi connectivity index (χ0n) is 42.1. The van der Waals surface area contributed by atoms with Gasteiger partial charge in [0.2, 0.25) is 0 Å². The predicted molar refractivity (Wildman–Crippen MR) is 266 cm³/mol. The first-order valence-electron chi connectivity index (χ1n) is 26.8. The second kappa shape index (κ2) is 42.1. The molecule has 0 bridgehead atoms. The van der Waals surface area contributed by atoms with Crippen LogP contribution in [0.1, 0.15) is 255 Å². The van der Waals surface area contributed by atoms with Gasteiger partial charge in [0.15, 0.2) is 0 Å². The number of esters is 2. The molecule has 0 saturated heterocycles. The van der Waals surface area contributed by atoms with E-state index >= 15 is 0 Å². The van der Waals surface area contributed by atoms with Crippen LogP contribution in [0.2, 0.25) is 0 Å². The molecule has 0 aliphatic heterocycles. The van der Waals surface area contributed by atoms with Crippen molar-refractivity contribution in [1.82, 2.24) is 5.32 Å². The van der Waals surface area contributed by atoms with Crippen molar-refractivity contribution in [1.29, 1.82) is 0 Å². The number of hydrogen-bond acceptors (Lipinski definition) is 6. The van der Waals surface area contributed by atoms with Gasteiger partial charge in [-0.3, -0.25) is 9.59 Å². The third-order valence-corrected chi connectivity index (χ3v) is 12.3. The van der Waals surface area contributed by atoms with E-state index in [9.17, 15) is 14.4 Å².